The molecule has 0 aromatic heterocycles. The van der Waals surface area contributed by atoms with Crippen LogP contribution in [-0.4, -0.2) is 12.0 Å². The molecule has 1 nitrogen and oxygen atoms in total. The van der Waals surface area contributed by atoms with Crippen molar-refractivity contribution in [3.63, 3.8) is 0 Å². The Labute approximate surface area is 89.0 Å². The van der Waals surface area contributed by atoms with Gasteiger partial charge in [0.25, 0.3) is 0 Å². The van der Waals surface area contributed by atoms with E-state index in [1.54, 1.807) is 0 Å². The van der Waals surface area contributed by atoms with Crippen LogP contribution in [0.15, 0.2) is 0 Å². The number of unbranched alkanes of at least 4 members (excludes halogenated alkanes) is 3. The van der Waals surface area contributed by atoms with Crippen molar-refractivity contribution in [1.82, 2.24) is 0 Å². The lowest BCUT2D eigenvalue weighted by atomic mass is 10.1. The Morgan fingerprint density at radius 2 is 1.60 bits per heavy atom. The number of ketones is 1. The lowest BCUT2D eigenvalue weighted by Crippen LogP contribution is -2.08. The van der Waals surface area contributed by atoms with Crippen LogP contribution in [0.5, 0.6) is 0 Å². The van der Waals surface area contributed by atoms with Gasteiger partial charge in [-0.05, 0) is 12.8 Å². The van der Waals surface area contributed by atoms with Crippen molar-refractivity contribution < 1.29 is 18.0 Å². The number of rotatable bonds is 8. The summed E-state index contributed by atoms with van der Waals surface area (Å²) in [5.74, 6) is -0.0321. The van der Waals surface area contributed by atoms with Gasteiger partial charge in [-0.2, -0.15) is 13.2 Å². The van der Waals surface area contributed by atoms with E-state index in [0.29, 0.717) is 6.42 Å². The minimum absolute atomic E-state index is 0.0321. The van der Waals surface area contributed by atoms with E-state index in [4.69, 9.17) is 0 Å². The molecule has 0 aliphatic rings. The number of carbonyl (C=O) groups is 1. The first kappa shape index (κ1) is 14.5. The van der Waals surface area contributed by atoms with Gasteiger partial charge in [0, 0.05) is 19.3 Å². The van der Waals surface area contributed by atoms with Crippen molar-refractivity contribution in [1.29, 1.82) is 0 Å². The van der Waals surface area contributed by atoms with Crippen molar-refractivity contribution in [2.75, 3.05) is 0 Å². The molecule has 0 spiro atoms. The molecular formula is C11H19F3O. The first-order chi connectivity index (χ1) is 6.95. The fraction of sp³-hybridized carbons (Fsp3) is 0.909. The van der Waals surface area contributed by atoms with Gasteiger partial charge < -0.3 is 0 Å². The quantitative estimate of drug-likeness (QED) is 0.563. The van der Waals surface area contributed by atoms with Crippen LogP contribution in [0.4, 0.5) is 13.2 Å². The number of Topliss-reactive ketones (excluding diaryl/α,β-unsaturated/α-hetero) is 1. The molecule has 0 aromatic carbocycles. The SMILES string of the molecule is CCCCCCC(=O)CCCC(F)(F)F. The minimum Gasteiger partial charge on any atom is -0.300 e. The molecule has 0 bridgehead atoms. The van der Waals surface area contributed by atoms with Gasteiger partial charge in [-0.15, -0.1) is 0 Å². The van der Waals surface area contributed by atoms with Crippen LogP contribution in [-0.2, 0) is 4.79 Å². The van der Waals surface area contributed by atoms with Gasteiger partial charge in [0.15, 0.2) is 0 Å². The van der Waals surface area contributed by atoms with Crippen molar-refractivity contribution in [2.24, 2.45) is 0 Å². The molecule has 0 unspecified atom stereocenters. The first-order valence-electron chi connectivity index (χ1n) is 5.54. The van der Waals surface area contributed by atoms with E-state index in [1.807, 2.05) is 0 Å². The normalized spacial score (nSPS) is 11.7. The van der Waals surface area contributed by atoms with E-state index in [-0.39, 0.29) is 18.6 Å². The zero-order valence-corrected chi connectivity index (χ0v) is 9.20. The summed E-state index contributed by atoms with van der Waals surface area (Å²) >= 11 is 0. The van der Waals surface area contributed by atoms with Gasteiger partial charge >= 0.3 is 6.18 Å². The van der Waals surface area contributed by atoms with E-state index in [1.165, 1.54) is 0 Å². The molecule has 0 aliphatic heterocycles. The summed E-state index contributed by atoms with van der Waals surface area (Å²) in [4.78, 5) is 11.1. The molecule has 0 aliphatic carbocycles. The Hall–Kier alpha value is -0.540. The number of hydrogen-bond donors (Lipinski definition) is 0. The molecule has 0 aromatic rings. The molecule has 0 heterocycles. The number of carbonyl (C=O) groups excluding carboxylic acids is 1. The molecule has 15 heavy (non-hydrogen) atoms. The topological polar surface area (TPSA) is 17.1 Å². The van der Waals surface area contributed by atoms with Crippen molar-refractivity contribution >= 4 is 5.78 Å². The molecule has 0 N–H and O–H groups in total. The second kappa shape index (κ2) is 7.71. The van der Waals surface area contributed by atoms with Gasteiger partial charge in [0.05, 0.1) is 0 Å². The lowest BCUT2D eigenvalue weighted by Gasteiger charge is -2.05. The lowest BCUT2D eigenvalue weighted by molar-refractivity contribution is -0.137. The Morgan fingerprint density at radius 1 is 1.00 bits per heavy atom. The minimum atomic E-state index is -4.12. The summed E-state index contributed by atoms with van der Waals surface area (Å²) in [6.45, 7) is 2.07. The van der Waals surface area contributed by atoms with E-state index in [9.17, 15) is 18.0 Å². The third-order valence-corrected chi connectivity index (χ3v) is 2.23. The standard InChI is InChI=1S/C11H19F3O/c1-2-3-4-5-7-10(15)8-6-9-11(12,13)14/h2-9H2,1H3. The van der Waals surface area contributed by atoms with Gasteiger partial charge in [0.1, 0.15) is 5.78 Å². The molecule has 0 fully saturated rings. The third-order valence-electron chi connectivity index (χ3n) is 2.23. The maximum Gasteiger partial charge on any atom is 0.389 e. The van der Waals surface area contributed by atoms with E-state index >= 15 is 0 Å². The van der Waals surface area contributed by atoms with Crippen LogP contribution in [0, 0.1) is 0 Å². The molecule has 0 radical (unpaired) electrons. The molecule has 0 rings (SSSR count). The number of halogens is 3. The third kappa shape index (κ3) is 11.4. The molecule has 0 atom stereocenters. The van der Waals surface area contributed by atoms with E-state index in [2.05, 4.69) is 6.92 Å². The van der Waals surface area contributed by atoms with Gasteiger partial charge in [-0.1, -0.05) is 26.2 Å². The van der Waals surface area contributed by atoms with Crippen LogP contribution in [0.1, 0.15) is 58.3 Å². The van der Waals surface area contributed by atoms with Crippen molar-refractivity contribution in [3.05, 3.63) is 0 Å². The van der Waals surface area contributed by atoms with Crippen LogP contribution in [0.2, 0.25) is 0 Å². The average molecular weight is 224 g/mol. The summed E-state index contributed by atoms with van der Waals surface area (Å²) in [5, 5.41) is 0. The van der Waals surface area contributed by atoms with E-state index < -0.39 is 12.6 Å². The highest BCUT2D eigenvalue weighted by molar-refractivity contribution is 5.78. The molecule has 0 saturated heterocycles. The van der Waals surface area contributed by atoms with Gasteiger partial charge in [0.2, 0.25) is 0 Å². The maximum atomic E-state index is 11.7. The molecular weight excluding hydrogens is 205 g/mol. The number of hydrogen-bond acceptors (Lipinski definition) is 1. The largest absolute Gasteiger partial charge is 0.389 e. The first-order valence-corrected chi connectivity index (χ1v) is 5.54. The summed E-state index contributed by atoms with van der Waals surface area (Å²) < 4.78 is 35.2. The zero-order chi connectivity index (χ0) is 11.7. The molecule has 0 saturated carbocycles. The van der Waals surface area contributed by atoms with E-state index in [0.717, 1.165) is 25.7 Å². The summed E-state index contributed by atoms with van der Waals surface area (Å²) in [6, 6.07) is 0. The summed E-state index contributed by atoms with van der Waals surface area (Å²) in [5.41, 5.74) is 0. The Kier molecular flexibility index (Phi) is 7.44. The fourth-order valence-corrected chi connectivity index (χ4v) is 1.36. The van der Waals surface area contributed by atoms with Gasteiger partial charge in [-0.25, -0.2) is 0 Å². The predicted octanol–water partition coefficient (Wildman–Crippen LogP) is 4.26. The van der Waals surface area contributed by atoms with Crippen LogP contribution >= 0.6 is 0 Å². The maximum absolute atomic E-state index is 11.7. The Bertz CT molecular complexity index is 175. The molecule has 0 amide bonds. The van der Waals surface area contributed by atoms with Crippen LogP contribution in [0.3, 0.4) is 0 Å². The highest BCUT2D eigenvalue weighted by Crippen LogP contribution is 2.22. The highest BCUT2D eigenvalue weighted by atomic mass is 19.4. The smallest absolute Gasteiger partial charge is 0.300 e. The molecule has 4 heteroatoms. The van der Waals surface area contributed by atoms with Crippen molar-refractivity contribution in [3.8, 4) is 0 Å². The monoisotopic (exact) mass is 224 g/mol. The zero-order valence-electron chi connectivity index (χ0n) is 9.20. The Balaban J connectivity index is 3.34. The van der Waals surface area contributed by atoms with Gasteiger partial charge in [-0.3, -0.25) is 4.79 Å². The number of alkyl halides is 3. The summed E-state index contributed by atoms with van der Waals surface area (Å²) in [6.07, 6.45) is -0.492. The van der Waals surface area contributed by atoms with Crippen LogP contribution in [0.25, 0.3) is 0 Å². The summed E-state index contributed by atoms with van der Waals surface area (Å²) in [7, 11) is 0. The second-order valence-corrected chi connectivity index (χ2v) is 3.82. The Morgan fingerprint density at radius 3 is 2.13 bits per heavy atom. The van der Waals surface area contributed by atoms with Crippen molar-refractivity contribution in [2.45, 2.75) is 64.5 Å². The van der Waals surface area contributed by atoms with Crippen LogP contribution < -0.4 is 0 Å². The second-order valence-electron chi connectivity index (χ2n) is 3.82. The predicted molar refractivity (Wildman–Crippen MR) is 53.7 cm³/mol. The fourth-order valence-electron chi connectivity index (χ4n) is 1.36. The molecule has 90 valence electrons. The highest BCUT2D eigenvalue weighted by Gasteiger charge is 2.26. The average Bonchev–Trinajstić information content (AvgIpc) is 2.10.